The fourth-order valence-electron chi connectivity index (χ4n) is 3.71. The van der Waals surface area contributed by atoms with Crippen molar-refractivity contribution in [2.75, 3.05) is 31.6 Å². The normalized spacial score (nSPS) is 13.8. The molecule has 0 aliphatic carbocycles. The molecule has 1 N–H and O–H groups in total. The highest BCUT2D eigenvalue weighted by Crippen LogP contribution is 2.40. The second kappa shape index (κ2) is 9.45. The summed E-state index contributed by atoms with van der Waals surface area (Å²) in [5.74, 6) is -0.175. The monoisotopic (exact) mass is 434 g/mol. The second-order valence-electron chi connectivity index (χ2n) is 7.74. The van der Waals surface area contributed by atoms with Gasteiger partial charge in [0.05, 0.1) is 25.2 Å². The van der Waals surface area contributed by atoms with Crippen LogP contribution in [0.4, 0.5) is 5.00 Å². The Hall–Kier alpha value is -2.96. The van der Waals surface area contributed by atoms with Crippen LogP contribution in [0.2, 0.25) is 0 Å². The quantitative estimate of drug-likeness (QED) is 0.634. The van der Waals surface area contributed by atoms with Gasteiger partial charge in [-0.2, -0.15) is 0 Å². The van der Waals surface area contributed by atoms with Crippen molar-refractivity contribution >= 4 is 28.2 Å². The van der Waals surface area contributed by atoms with E-state index in [-0.39, 0.29) is 18.2 Å². The molecular formula is C25H26N2O3S. The topological polar surface area (TPSA) is 58.6 Å². The van der Waals surface area contributed by atoms with Gasteiger partial charge < -0.3 is 15.0 Å². The summed E-state index contributed by atoms with van der Waals surface area (Å²) in [5.41, 5.74) is 4.63. The summed E-state index contributed by atoms with van der Waals surface area (Å²) in [4.78, 5) is 29.0. The number of ether oxygens (including phenoxy) is 1. The van der Waals surface area contributed by atoms with Gasteiger partial charge in [0.25, 0.3) is 5.91 Å². The number of thiophene rings is 1. The number of carbonyl (C=O) groups is 2. The van der Waals surface area contributed by atoms with Gasteiger partial charge in [-0.15, -0.1) is 11.3 Å². The number of hydrogen-bond donors (Lipinski definition) is 1. The molecule has 3 aromatic rings. The first-order chi connectivity index (χ1) is 15.0. The first-order valence-corrected chi connectivity index (χ1v) is 11.3. The molecule has 0 bridgehead atoms. The predicted molar refractivity (Wildman–Crippen MR) is 125 cm³/mol. The summed E-state index contributed by atoms with van der Waals surface area (Å²) in [6, 6.07) is 17.9. The number of carbonyl (C=O) groups excluding carboxylic acids is 2. The molecule has 0 saturated carbocycles. The molecule has 0 unspecified atom stereocenters. The molecule has 1 saturated heterocycles. The van der Waals surface area contributed by atoms with Gasteiger partial charge in [0, 0.05) is 18.0 Å². The Bertz CT molecular complexity index is 1070. The molecule has 160 valence electrons. The zero-order valence-corrected chi connectivity index (χ0v) is 18.6. The average molecular weight is 435 g/mol. The smallest absolute Gasteiger partial charge is 0.257 e. The Labute approximate surface area is 186 Å². The minimum Gasteiger partial charge on any atom is -0.378 e. The van der Waals surface area contributed by atoms with E-state index in [1.54, 1.807) is 0 Å². The Morgan fingerprint density at radius 1 is 1.00 bits per heavy atom. The molecule has 31 heavy (non-hydrogen) atoms. The highest BCUT2D eigenvalue weighted by atomic mass is 32.1. The summed E-state index contributed by atoms with van der Waals surface area (Å²) >= 11 is 1.46. The first kappa shape index (κ1) is 21.3. The zero-order chi connectivity index (χ0) is 21.8. The maximum atomic E-state index is 13.4. The third-order valence-electron chi connectivity index (χ3n) is 5.43. The second-order valence-corrected chi connectivity index (χ2v) is 8.76. The van der Waals surface area contributed by atoms with Crippen LogP contribution in [0.5, 0.6) is 0 Å². The Balaban J connectivity index is 1.65. The summed E-state index contributed by atoms with van der Waals surface area (Å²) in [5, 5.41) is 3.64. The number of benzene rings is 2. The van der Waals surface area contributed by atoms with Crippen LogP contribution in [0.3, 0.4) is 0 Å². The van der Waals surface area contributed by atoms with E-state index >= 15 is 0 Å². The molecule has 1 aromatic heterocycles. The Morgan fingerprint density at radius 3 is 2.35 bits per heavy atom. The lowest BCUT2D eigenvalue weighted by Gasteiger charge is -2.27. The molecule has 1 aliphatic rings. The summed E-state index contributed by atoms with van der Waals surface area (Å²) in [6.07, 6.45) is 0.267. The maximum absolute atomic E-state index is 13.4. The highest BCUT2D eigenvalue weighted by Gasteiger charge is 2.27. The number of hydrogen-bond acceptors (Lipinski definition) is 4. The van der Waals surface area contributed by atoms with Crippen molar-refractivity contribution in [1.82, 2.24) is 4.90 Å². The van der Waals surface area contributed by atoms with E-state index in [0.29, 0.717) is 36.9 Å². The third kappa shape index (κ3) is 4.86. The molecular weight excluding hydrogens is 408 g/mol. The zero-order valence-electron chi connectivity index (χ0n) is 17.8. The van der Waals surface area contributed by atoms with E-state index in [9.17, 15) is 9.59 Å². The molecule has 0 radical (unpaired) electrons. The van der Waals surface area contributed by atoms with Gasteiger partial charge in [0.15, 0.2) is 0 Å². The summed E-state index contributed by atoms with van der Waals surface area (Å²) < 4.78 is 5.40. The Kier molecular flexibility index (Phi) is 6.49. The molecule has 2 amide bonds. The molecule has 2 heterocycles. The van der Waals surface area contributed by atoms with Gasteiger partial charge in [0.2, 0.25) is 5.91 Å². The molecule has 5 nitrogen and oxygen atoms in total. The van der Waals surface area contributed by atoms with Gasteiger partial charge in [-0.25, -0.2) is 0 Å². The van der Waals surface area contributed by atoms with Gasteiger partial charge in [-0.05, 0) is 30.5 Å². The minimum atomic E-state index is -0.124. The number of amides is 2. The number of morpholine rings is 1. The van der Waals surface area contributed by atoms with Crippen LogP contribution in [0, 0.1) is 13.8 Å². The number of anilines is 1. The van der Waals surface area contributed by atoms with E-state index in [2.05, 4.69) is 5.32 Å². The number of aryl methyl sites for hydroxylation is 1. The molecule has 0 atom stereocenters. The van der Waals surface area contributed by atoms with Crippen molar-refractivity contribution in [1.29, 1.82) is 0 Å². The van der Waals surface area contributed by atoms with Gasteiger partial charge in [-0.1, -0.05) is 60.2 Å². The van der Waals surface area contributed by atoms with Crippen molar-refractivity contribution in [3.05, 3.63) is 76.9 Å². The standard InChI is InChI=1S/C25H26N2O3S/c1-17-8-10-19(11-9-17)16-21(28)26-24-22(25(29)27-12-14-30-15-13-27)18(2)23(31-24)20-6-4-3-5-7-20/h3-11H,12-16H2,1-2H3,(H,26,28). The summed E-state index contributed by atoms with van der Waals surface area (Å²) in [7, 11) is 0. The van der Waals surface area contributed by atoms with Crippen molar-refractivity contribution < 1.29 is 14.3 Å². The Morgan fingerprint density at radius 2 is 1.68 bits per heavy atom. The van der Waals surface area contributed by atoms with Gasteiger partial charge in [-0.3, -0.25) is 9.59 Å². The largest absolute Gasteiger partial charge is 0.378 e. The van der Waals surface area contributed by atoms with Crippen molar-refractivity contribution in [2.24, 2.45) is 0 Å². The molecule has 1 fully saturated rings. The van der Waals surface area contributed by atoms with Crippen LogP contribution in [0.25, 0.3) is 10.4 Å². The first-order valence-electron chi connectivity index (χ1n) is 10.4. The number of nitrogens with zero attached hydrogens (tertiary/aromatic N) is 1. The summed E-state index contributed by atoms with van der Waals surface area (Å²) in [6.45, 7) is 6.18. The van der Waals surface area contributed by atoms with E-state index in [1.165, 1.54) is 11.3 Å². The van der Waals surface area contributed by atoms with E-state index in [4.69, 9.17) is 4.74 Å². The minimum absolute atomic E-state index is 0.0510. The predicted octanol–water partition coefficient (Wildman–Crippen LogP) is 4.69. The average Bonchev–Trinajstić information content (AvgIpc) is 3.11. The molecule has 6 heteroatoms. The SMILES string of the molecule is Cc1ccc(CC(=O)Nc2sc(-c3ccccc3)c(C)c2C(=O)N2CCOCC2)cc1. The van der Waals surface area contributed by atoms with E-state index in [0.717, 1.165) is 27.1 Å². The van der Waals surface area contributed by atoms with Crippen LogP contribution in [0.1, 0.15) is 27.0 Å². The fraction of sp³-hybridized carbons (Fsp3) is 0.280. The molecule has 4 rings (SSSR count). The van der Waals surface area contributed by atoms with Crippen LogP contribution in [0.15, 0.2) is 54.6 Å². The number of nitrogens with one attached hydrogen (secondary N) is 1. The van der Waals surface area contributed by atoms with Gasteiger partial charge in [0.1, 0.15) is 5.00 Å². The lowest BCUT2D eigenvalue weighted by Crippen LogP contribution is -2.41. The molecule has 0 spiro atoms. The third-order valence-corrected chi connectivity index (χ3v) is 6.69. The lowest BCUT2D eigenvalue weighted by molar-refractivity contribution is -0.115. The van der Waals surface area contributed by atoms with Crippen LogP contribution in [-0.4, -0.2) is 43.0 Å². The van der Waals surface area contributed by atoms with Crippen molar-refractivity contribution in [3.8, 4) is 10.4 Å². The lowest BCUT2D eigenvalue weighted by atomic mass is 10.1. The van der Waals surface area contributed by atoms with Crippen molar-refractivity contribution in [3.63, 3.8) is 0 Å². The van der Waals surface area contributed by atoms with E-state index in [1.807, 2.05) is 73.3 Å². The number of rotatable bonds is 5. The van der Waals surface area contributed by atoms with Gasteiger partial charge >= 0.3 is 0 Å². The molecule has 2 aromatic carbocycles. The van der Waals surface area contributed by atoms with Crippen LogP contribution >= 0.6 is 11.3 Å². The maximum Gasteiger partial charge on any atom is 0.257 e. The highest BCUT2D eigenvalue weighted by molar-refractivity contribution is 7.20. The fourth-order valence-corrected chi connectivity index (χ4v) is 4.93. The van der Waals surface area contributed by atoms with Crippen LogP contribution in [-0.2, 0) is 16.0 Å². The van der Waals surface area contributed by atoms with Crippen LogP contribution < -0.4 is 5.32 Å². The van der Waals surface area contributed by atoms with Crippen molar-refractivity contribution in [2.45, 2.75) is 20.3 Å². The molecule has 1 aliphatic heterocycles. The van der Waals surface area contributed by atoms with E-state index < -0.39 is 0 Å².